The fourth-order valence-electron chi connectivity index (χ4n) is 3.28. The summed E-state index contributed by atoms with van der Waals surface area (Å²) in [7, 11) is 0. The lowest BCUT2D eigenvalue weighted by atomic mass is 9.94. The Morgan fingerprint density at radius 2 is 2.19 bits per heavy atom. The number of carbonyl (C=O) groups is 1. The normalized spacial score (nSPS) is 17.0. The van der Waals surface area contributed by atoms with Gasteiger partial charge in [0.25, 0.3) is 5.56 Å². The Bertz CT molecular complexity index is 788. The molecule has 1 fully saturated rings. The average molecular weight is 356 g/mol. The Hall–Kier alpha value is -2.83. The fraction of sp³-hybridized carbons (Fsp3) is 0.421. The van der Waals surface area contributed by atoms with Crippen LogP contribution < -0.4 is 20.5 Å². The number of ether oxygens (including phenoxy) is 1. The van der Waals surface area contributed by atoms with Crippen molar-refractivity contribution in [2.45, 2.75) is 26.2 Å². The molecule has 138 valence electrons. The van der Waals surface area contributed by atoms with Crippen LogP contribution in [-0.2, 0) is 4.79 Å². The van der Waals surface area contributed by atoms with Crippen molar-refractivity contribution in [1.82, 2.24) is 10.2 Å². The molecule has 2 N–H and O–H groups in total. The minimum Gasteiger partial charge on any atom is -0.494 e. The molecule has 0 bridgehead atoms. The van der Waals surface area contributed by atoms with E-state index in [1.165, 1.54) is 0 Å². The molecule has 1 aromatic heterocycles. The quantitative estimate of drug-likeness (QED) is 0.830. The van der Waals surface area contributed by atoms with Crippen LogP contribution >= 0.6 is 0 Å². The van der Waals surface area contributed by atoms with E-state index in [1.807, 2.05) is 31.2 Å². The number of hydrogen-bond donors (Lipinski definition) is 2. The van der Waals surface area contributed by atoms with Gasteiger partial charge >= 0.3 is 0 Å². The molecule has 0 spiro atoms. The molecule has 1 saturated heterocycles. The summed E-state index contributed by atoms with van der Waals surface area (Å²) in [5, 5.41) is 9.18. The van der Waals surface area contributed by atoms with Gasteiger partial charge in [-0.1, -0.05) is 0 Å². The van der Waals surface area contributed by atoms with Gasteiger partial charge in [-0.3, -0.25) is 9.59 Å². The molecule has 26 heavy (non-hydrogen) atoms. The van der Waals surface area contributed by atoms with E-state index >= 15 is 0 Å². The van der Waals surface area contributed by atoms with Crippen LogP contribution in [0.25, 0.3) is 0 Å². The third-order valence-electron chi connectivity index (χ3n) is 4.46. The molecule has 0 radical (unpaired) electrons. The lowest BCUT2D eigenvalue weighted by molar-refractivity contribution is -0.117. The van der Waals surface area contributed by atoms with Crippen molar-refractivity contribution in [3.8, 4) is 5.75 Å². The summed E-state index contributed by atoms with van der Waals surface area (Å²) < 4.78 is 5.40. The first-order chi connectivity index (χ1) is 12.6. The highest BCUT2D eigenvalue weighted by Crippen LogP contribution is 2.24. The number of piperidine rings is 1. The Balaban J connectivity index is 1.54. The number of aromatic amines is 1. The topological polar surface area (TPSA) is 87.3 Å². The second-order valence-electron chi connectivity index (χ2n) is 6.47. The Morgan fingerprint density at radius 1 is 1.38 bits per heavy atom. The summed E-state index contributed by atoms with van der Waals surface area (Å²) in [5.74, 6) is 1.05. The summed E-state index contributed by atoms with van der Waals surface area (Å²) in [6.07, 6.45) is 4.11. The standard InChI is InChI=1S/C19H24N4O3/c1-2-26-17-7-5-15(6-8-17)21-18(24)10-14-4-3-9-23(13-14)16-11-19(25)22-20-12-16/h5-8,11-12,14H,2-4,9-10,13H2,1H3,(H,21,24)(H,22,25). The molecule has 2 aromatic rings. The van der Waals surface area contributed by atoms with Gasteiger partial charge in [0.05, 0.1) is 18.5 Å². The van der Waals surface area contributed by atoms with Gasteiger partial charge < -0.3 is 15.0 Å². The predicted octanol–water partition coefficient (Wildman–Crippen LogP) is 2.41. The molecule has 7 nitrogen and oxygen atoms in total. The number of anilines is 2. The smallest absolute Gasteiger partial charge is 0.266 e. The number of amides is 1. The molecule has 1 aliphatic rings. The van der Waals surface area contributed by atoms with E-state index in [4.69, 9.17) is 4.74 Å². The van der Waals surface area contributed by atoms with Crippen LogP contribution in [0, 0.1) is 5.92 Å². The number of nitrogens with one attached hydrogen (secondary N) is 2. The van der Waals surface area contributed by atoms with E-state index in [-0.39, 0.29) is 17.4 Å². The number of hydrogen-bond acceptors (Lipinski definition) is 5. The van der Waals surface area contributed by atoms with E-state index in [2.05, 4.69) is 20.4 Å². The zero-order valence-corrected chi connectivity index (χ0v) is 14.9. The molecular formula is C19H24N4O3. The Morgan fingerprint density at radius 3 is 2.92 bits per heavy atom. The summed E-state index contributed by atoms with van der Waals surface area (Å²) in [4.78, 5) is 25.9. The highest BCUT2D eigenvalue weighted by Gasteiger charge is 2.23. The molecule has 7 heteroatoms. The average Bonchev–Trinajstić information content (AvgIpc) is 2.64. The third kappa shape index (κ3) is 4.84. The van der Waals surface area contributed by atoms with Crippen LogP contribution in [0.15, 0.2) is 41.3 Å². The molecule has 2 heterocycles. The van der Waals surface area contributed by atoms with Gasteiger partial charge in [0.15, 0.2) is 0 Å². The number of benzene rings is 1. The lowest BCUT2D eigenvalue weighted by Gasteiger charge is -2.33. The fourth-order valence-corrected chi connectivity index (χ4v) is 3.28. The molecule has 1 amide bonds. The molecule has 3 rings (SSSR count). The Labute approximate surface area is 152 Å². The number of nitrogens with zero attached hydrogens (tertiary/aromatic N) is 2. The van der Waals surface area contributed by atoms with Crippen LogP contribution in [0.4, 0.5) is 11.4 Å². The Kier molecular flexibility index (Phi) is 5.88. The van der Waals surface area contributed by atoms with Crippen LogP contribution in [-0.4, -0.2) is 35.8 Å². The predicted molar refractivity (Wildman–Crippen MR) is 101 cm³/mol. The number of aromatic nitrogens is 2. The number of H-pyrrole nitrogens is 1. The lowest BCUT2D eigenvalue weighted by Crippen LogP contribution is -2.37. The van der Waals surface area contributed by atoms with Crippen molar-refractivity contribution in [3.05, 3.63) is 46.9 Å². The second kappa shape index (κ2) is 8.51. The summed E-state index contributed by atoms with van der Waals surface area (Å²) in [6, 6.07) is 8.94. The van der Waals surface area contributed by atoms with E-state index in [9.17, 15) is 9.59 Å². The van der Waals surface area contributed by atoms with E-state index in [0.29, 0.717) is 13.0 Å². The van der Waals surface area contributed by atoms with Gasteiger partial charge in [-0.15, -0.1) is 0 Å². The minimum absolute atomic E-state index is 0.00467. The van der Waals surface area contributed by atoms with Gasteiger partial charge in [0, 0.05) is 31.3 Å². The zero-order chi connectivity index (χ0) is 18.4. The highest BCUT2D eigenvalue weighted by molar-refractivity contribution is 5.90. The van der Waals surface area contributed by atoms with Gasteiger partial charge in [0.2, 0.25) is 5.91 Å². The second-order valence-corrected chi connectivity index (χ2v) is 6.47. The first kappa shape index (κ1) is 18.0. The van der Waals surface area contributed by atoms with Crippen LogP contribution in [0.3, 0.4) is 0 Å². The first-order valence-electron chi connectivity index (χ1n) is 8.96. The maximum atomic E-state index is 12.4. The van der Waals surface area contributed by atoms with Gasteiger partial charge in [-0.25, -0.2) is 5.10 Å². The largest absolute Gasteiger partial charge is 0.494 e. The number of carbonyl (C=O) groups excluding carboxylic acids is 1. The van der Waals surface area contributed by atoms with Crippen LogP contribution in [0.2, 0.25) is 0 Å². The third-order valence-corrected chi connectivity index (χ3v) is 4.46. The zero-order valence-electron chi connectivity index (χ0n) is 14.9. The van der Waals surface area contributed by atoms with Crippen molar-refractivity contribution < 1.29 is 9.53 Å². The van der Waals surface area contributed by atoms with Crippen molar-refractivity contribution in [1.29, 1.82) is 0 Å². The molecule has 1 unspecified atom stereocenters. The van der Waals surface area contributed by atoms with Gasteiger partial charge in [-0.05, 0) is 49.9 Å². The minimum atomic E-state index is -0.210. The number of rotatable bonds is 6. The van der Waals surface area contributed by atoms with Crippen molar-refractivity contribution in [2.24, 2.45) is 5.92 Å². The van der Waals surface area contributed by atoms with E-state index in [0.717, 1.165) is 43.1 Å². The molecule has 1 atom stereocenters. The molecule has 0 aliphatic carbocycles. The first-order valence-corrected chi connectivity index (χ1v) is 8.96. The van der Waals surface area contributed by atoms with Crippen molar-refractivity contribution in [2.75, 3.05) is 29.9 Å². The van der Waals surface area contributed by atoms with E-state index in [1.54, 1.807) is 12.3 Å². The maximum Gasteiger partial charge on any atom is 0.266 e. The summed E-state index contributed by atoms with van der Waals surface area (Å²) in [5.41, 5.74) is 1.37. The van der Waals surface area contributed by atoms with Crippen molar-refractivity contribution >= 4 is 17.3 Å². The molecule has 1 aliphatic heterocycles. The highest BCUT2D eigenvalue weighted by atomic mass is 16.5. The van der Waals surface area contributed by atoms with Crippen molar-refractivity contribution in [3.63, 3.8) is 0 Å². The summed E-state index contributed by atoms with van der Waals surface area (Å²) in [6.45, 7) is 4.18. The van der Waals surface area contributed by atoms with Crippen LogP contribution in [0.5, 0.6) is 5.75 Å². The van der Waals surface area contributed by atoms with Gasteiger partial charge in [0.1, 0.15) is 5.75 Å². The van der Waals surface area contributed by atoms with Gasteiger partial charge in [-0.2, -0.15) is 5.10 Å². The van der Waals surface area contributed by atoms with Crippen LogP contribution in [0.1, 0.15) is 26.2 Å². The molecule has 1 aromatic carbocycles. The SMILES string of the molecule is CCOc1ccc(NC(=O)CC2CCCN(c3cn[nH]c(=O)c3)C2)cc1. The maximum absolute atomic E-state index is 12.4. The summed E-state index contributed by atoms with van der Waals surface area (Å²) >= 11 is 0. The van der Waals surface area contributed by atoms with E-state index < -0.39 is 0 Å². The molecular weight excluding hydrogens is 332 g/mol. The molecule has 0 saturated carbocycles. The monoisotopic (exact) mass is 356 g/mol.